The fourth-order valence-corrected chi connectivity index (χ4v) is 11.0. The lowest BCUT2D eigenvalue weighted by Gasteiger charge is -2.64. The summed E-state index contributed by atoms with van der Waals surface area (Å²) in [6, 6.07) is 0. The van der Waals surface area contributed by atoms with Gasteiger partial charge in [0, 0.05) is 11.5 Å². The van der Waals surface area contributed by atoms with Crippen molar-refractivity contribution in [3.05, 3.63) is 11.6 Å². The minimum atomic E-state index is -1.56. The van der Waals surface area contributed by atoms with Crippen LogP contribution in [0.3, 0.4) is 0 Å². The van der Waals surface area contributed by atoms with Gasteiger partial charge in [-0.3, -0.25) is 0 Å². The van der Waals surface area contributed by atoms with Crippen LogP contribution in [0.2, 0.25) is 0 Å². The summed E-state index contributed by atoms with van der Waals surface area (Å²) in [5, 5.41) is 64.5. The number of hydrogen-bond donors (Lipinski definition) is 6. The highest BCUT2D eigenvalue weighted by molar-refractivity contribution is 5.85. The first-order valence-electron chi connectivity index (χ1n) is 17.3. The largest absolute Gasteiger partial charge is 0.458 e. The van der Waals surface area contributed by atoms with Gasteiger partial charge in [0.25, 0.3) is 0 Å². The van der Waals surface area contributed by atoms with Gasteiger partial charge in [-0.2, -0.15) is 0 Å². The molecular formula is C34H52O12. The maximum atomic E-state index is 12.5. The summed E-state index contributed by atoms with van der Waals surface area (Å²) in [4.78, 5) is 11.9. The zero-order chi connectivity index (χ0) is 32.8. The molecule has 3 heterocycles. The average molecular weight is 653 g/mol. The number of fused-ring (bicyclic) bond motifs is 5. The van der Waals surface area contributed by atoms with Crippen LogP contribution < -0.4 is 0 Å². The molecular weight excluding hydrogens is 600 g/mol. The lowest BCUT2D eigenvalue weighted by atomic mass is 9.43. The van der Waals surface area contributed by atoms with Crippen LogP contribution in [0.1, 0.15) is 78.6 Å². The Balaban J connectivity index is 1.04. The summed E-state index contributed by atoms with van der Waals surface area (Å²) in [5.74, 6) is 0.837. The molecule has 2 saturated heterocycles. The third kappa shape index (κ3) is 5.13. The molecule has 12 heteroatoms. The highest BCUT2D eigenvalue weighted by Crippen LogP contribution is 2.70. The summed E-state index contributed by atoms with van der Waals surface area (Å²) < 4.78 is 29.1. The van der Waals surface area contributed by atoms with Crippen molar-refractivity contribution in [2.75, 3.05) is 13.2 Å². The molecule has 260 valence electrons. The molecule has 0 radical (unpaired) electrons. The van der Waals surface area contributed by atoms with Crippen LogP contribution in [-0.2, 0) is 28.5 Å². The van der Waals surface area contributed by atoms with Crippen LogP contribution >= 0.6 is 0 Å². The number of hydrogen-bond acceptors (Lipinski definition) is 12. The predicted octanol–water partition coefficient (Wildman–Crippen LogP) is 0.919. The van der Waals surface area contributed by atoms with Gasteiger partial charge in [-0.1, -0.05) is 13.8 Å². The van der Waals surface area contributed by atoms with Gasteiger partial charge >= 0.3 is 5.97 Å². The third-order valence-corrected chi connectivity index (χ3v) is 13.8. The Bertz CT molecular complexity index is 1200. The quantitative estimate of drug-likeness (QED) is 0.183. The van der Waals surface area contributed by atoms with Crippen LogP contribution in [0.15, 0.2) is 11.6 Å². The van der Waals surface area contributed by atoms with Gasteiger partial charge in [-0.25, -0.2) is 4.79 Å². The van der Waals surface area contributed by atoms with Crippen molar-refractivity contribution in [1.82, 2.24) is 0 Å². The van der Waals surface area contributed by atoms with Gasteiger partial charge in [0.1, 0.15) is 43.2 Å². The van der Waals surface area contributed by atoms with Crippen LogP contribution in [-0.4, -0.2) is 117 Å². The maximum Gasteiger partial charge on any atom is 0.331 e. The van der Waals surface area contributed by atoms with Crippen molar-refractivity contribution < 1.29 is 59.1 Å². The first kappa shape index (κ1) is 33.3. The SMILES string of the molecule is C[C@@H]1O[C@@H](OC2CC[C@@]3(C)C(CC[C@@H]4[C@@H]3CC[C@]3(C)[C@@H](C5=CC(=O)OC5)CC[C@]43O)C2)[C@H](O[C@@H]2OC[C@@H](O)[C@H](O)[C@H]2O)[C@H](O)[C@H]1O. The Morgan fingerprint density at radius 3 is 2.37 bits per heavy atom. The topological polar surface area (TPSA) is 185 Å². The summed E-state index contributed by atoms with van der Waals surface area (Å²) in [6.45, 7) is 6.36. The first-order valence-corrected chi connectivity index (χ1v) is 17.3. The minimum Gasteiger partial charge on any atom is -0.458 e. The van der Waals surface area contributed by atoms with Crippen LogP contribution in [0.25, 0.3) is 0 Å². The van der Waals surface area contributed by atoms with Gasteiger partial charge in [0.15, 0.2) is 12.6 Å². The van der Waals surface area contributed by atoms with Gasteiger partial charge < -0.3 is 54.3 Å². The standard InChI is InChI=1S/C34H52O12/c1-16-25(37)27(39)29(46-30-28(40)26(38)23(35)15-43-30)31(44-16)45-19-6-9-32(2)18(13-19)4-5-22-21(32)7-10-33(3)20(8-11-34(22,33)41)17-12-24(36)42-14-17/h12,16,18-23,25-31,35,37-41H,4-11,13-15H2,1-3H3/t16-,18?,19?,20+,21-,22+,23+,25-,26-,27+,28+,29+,30-,31-,32-,33+,34-/m0/s1. The molecule has 0 spiro atoms. The number of cyclic esters (lactones) is 1. The van der Waals surface area contributed by atoms with E-state index in [2.05, 4.69) is 13.8 Å². The van der Waals surface area contributed by atoms with Crippen LogP contribution in [0, 0.1) is 34.5 Å². The summed E-state index contributed by atoms with van der Waals surface area (Å²) in [6.07, 6.45) is -1.91. The molecule has 4 aliphatic carbocycles. The molecule has 12 nitrogen and oxygen atoms in total. The number of esters is 1. The monoisotopic (exact) mass is 652 g/mol. The molecule has 0 amide bonds. The second-order valence-electron chi connectivity index (χ2n) is 15.9. The van der Waals surface area contributed by atoms with Crippen molar-refractivity contribution in [2.45, 2.75) is 146 Å². The van der Waals surface area contributed by atoms with E-state index in [9.17, 15) is 35.4 Å². The molecule has 0 bridgehead atoms. The molecule has 46 heavy (non-hydrogen) atoms. The van der Waals surface area contributed by atoms with Crippen molar-refractivity contribution >= 4 is 5.97 Å². The number of ether oxygens (including phenoxy) is 5. The average Bonchev–Trinajstić information content (AvgIpc) is 3.57. The minimum absolute atomic E-state index is 0.0347. The van der Waals surface area contributed by atoms with E-state index in [1.165, 1.54) is 0 Å². The number of carbonyl (C=O) groups is 1. The van der Waals surface area contributed by atoms with Gasteiger partial charge in [-0.05, 0) is 99.4 Å². The first-order chi connectivity index (χ1) is 21.8. The summed E-state index contributed by atoms with van der Waals surface area (Å²) in [5.41, 5.74) is 0.0121. The molecule has 0 aromatic rings. The second-order valence-corrected chi connectivity index (χ2v) is 15.9. The van der Waals surface area contributed by atoms with Gasteiger partial charge in [0.05, 0.1) is 24.4 Å². The molecule has 7 aliphatic rings. The zero-order valence-corrected chi connectivity index (χ0v) is 27.1. The number of carbonyl (C=O) groups excluding carboxylic acids is 1. The van der Waals surface area contributed by atoms with E-state index in [-0.39, 0.29) is 41.3 Å². The van der Waals surface area contributed by atoms with E-state index < -0.39 is 60.9 Å². The molecule has 6 fully saturated rings. The van der Waals surface area contributed by atoms with E-state index >= 15 is 0 Å². The van der Waals surface area contributed by atoms with E-state index in [0.29, 0.717) is 18.4 Å². The Hall–Kier alpha value is -1.19. The summed E-state index contributed by atoms with van der Waals surface area (Å²) >= 11 is 0. The Kier molecular flexibility index (Phi) is 8.69. The van der Waals surface area contributed by atoms with Crippen LogP contribution in [0.4, 0.5) is 0 Å². The normalized spacial score (nSPS) is 55.6. The molecule has 0 aromatic heterocycles. The van der Waals surface area contributed by atoms with E-state index in [1.807, 2.05) is 0 Å². The molecule has 7 rings (SSSR count). The second kappa shape index (κ2) is 12.0. The lowest BCUT2D eigenvalue weighted by Crippen LogP contribution is -2.63. The number of aliphatic hydroxyl groups excluding tert-OH is 5. The Morgan fingerprint density at radius 2 is 1.63 bits per heavy atom. The molecule has 6 N–H and O–H groups in total. The Labute approximate surface area is 270 Å². The zero-order valence-electron chi connectivity index (χ0n) is 27.1. The molecule has 17 atom stereocenters. The highest BCUT2D eigenvalue weighted by Gasteiger charge is 2.68. The fourth-order valence-electron chi connectivity index (χ4n) is 11.0. The van der Waals surface area contributed by atoms with E-state index in [0.717, 1.165) is 63.4 Å². The summed E-state index contributed by atoms with van der Waals surface area (Å²) in [7, 11) is 0. The van der Waals surface area contributed by atoms with Gasteiger partial charge in [0.2, 0.25) is 0 Å². The van der Waals surface area contributed by atoms with Crippen molar-refractivity contribution in [3.63, 3.8) is 0 Å². The molecule has 2 unspecified atom stereocenters. The van der Waals surface area contributed by atoms with Crippen molar-refractivity contribution in [3.8, 4) is 0 Å². The maximum absolute atomic E-state index is 12.5. The smallest absolute Gasteiger partial charge is 0.331 e. The third-order valence-electron chi connectivity index (χ3n) is 13.8. The number of aliphatic hydroxyl groups is 6. The lowest BCUT2D eigenvalue weighted by molar-refractivity contribution is -0.361. The molecule has 3 aliphatic heterocycles. The predicted molar refractivity (Wildman–Crippen MR) is 160 cm³/mol. The fraction of sp³-hybridized carbons (Fsp3) is 0.912. The van der Waals surface area contributed by atoms with Crippen molar-refractivity contribution in [1.29, 1.82) is 0 Å². The molecule has 0 aromatic carbocycles. The highest BCUT2D eigenvalue weighted by atomic mass is 16.8. The van der Waals surface area contributed by atoms with Crippen molar-refractivity contribution in [2.24, 2.45) is 34.5 Å². The number of rotatable bonds is 5. The van der Waals surface area contributed by atoms with Crippen LogP contribution in [0.5, 0.6) is 0 Å². The molecule has 4 saturated carbocycles. The van der Waals surface area contributed by atoms with E-state index in [1.54, 1.807) is 13.0 Å². The Morgan fingerprint density at radius 1 is 0.848 bits per heavy atom. The van der Waals surface area contributed by atoms with E-state index in [4.69, 9.17) is 23.7 Å². The van der Waals surface area contributed by atoms with Gasteiger partial charge in [-0.15, -0.1) is 0 Å².